The Labute approximate surface area is 492 Å². The van der Waals surface area contributed by atoms with Crippen molar-refractivity contribution >= 4 is 17.9 Å². The van der Waals surface area contributed by atoms with E-state index >= 15 is 0 Å². The average Bonchev–Trinajstić information content (AvgIpc) is 3.45. The zero-order valence-corrected chi connectivity index (χ0v) is 53.2. The van der Waals surface area contributed by atoms with Gasteiger partial charge in [-0.25, -0.2) is 0 Å². The van der Waals surface area contributed by atoms with Crippen LogP contribution < -0.4 is 0 Å². The Hall–Kier alpha value is -2.63. The Morgan fingerprint density at radius 2 is 0.456 bits per heavy atom. The molecule has 0 spiro atoms. The minimum absolute atomic E-state index is 0.0716. The van der Waals surface area contributed by atoms with Crippen molar-refractivity contribution in [2.45, 2.75) is 386 Å². The summed E-state index contributed by atoms with van der Waals surface area (Å²) >= 11 is 0. The molecule has 0 fully saturated rings. The Morgan fingerprint density at radius 3 is 0.722 bits per heavy atom. The van der Waals surface area contributed by atoms with Gasteiger partial charge in [-0.05, 0) is 83.5 Å². The molecule has 0 aliphatic carbocycles. The van der Waals surface area contributed by atoms with E-state index in [1.807, 2.05) is 0 Å². The van der Waals surface area contributed by atoms with Gasteiger partial charge in [0.2, 0.25) is 0 Å². The highest BCUT2D eigenvalue weighted by Crippen LogP contribution is 2.18. The molecular weight excluding hydrogens is 973 g/mol. The first kappa shape index (κ1) is 76.4. The standard InChI is InChI=1S/C73H134O6/c1-4-7-10-13-16-19-22-25-28-31-33-34-35-36-37-38-40-42-45-48-51-54-57-60-63-66-72(75)78-69-70(68-77-71(74)65-62-59-56-53-50-47-44-41-30-27-24-21-18-15-12-9-6-3)79-73(76)67-64-61-58-55-52-49-46-43-39-32-29-26-23-20-17-14-11-8-5-2/h18,21-22,25,27,30-31,33,70H,4-17,19-20,23-24,26,28-29,32,34-69H2,1-3H3/b21-18-,25-22-,30-27-,33-31-. The lowest BCUT2D eigenvalue weighted by Crippen LogP contribution is -2.30. The Morgan fingerprint density at radius 1 is 0.253 bits per heavy atom. The van der Waals surface area contributed by atoms with Crippen molar-refractivity contribution in [3.8, 4) is 0 Å². The van der Waals surface area contributed by atoms with Crippen LogP contribution in [-0.4, -0.2) is 37.2 Å². The largest absolute Gasteiger partial charge is 0.462 e. The van der Waals surface area contributed by atoms with E-state index in [0.29, 0.717) is 19.3 Å². The number of allylic oxidation sites excluding steroid dienone is 8. The summed E-state index contributed by atoms with van der Waals surface area (Å²) < 4.78 is 17.0. The number of carbonyl (C=O) groups excluding carboxylic acids is 3. The number of carbonyl (C=O) groups is 3. The number of unbranched alkanes of at least 4 members (excludes halogenated alkanes) is 46. The number of hydrogen-bond acceptors (Lipinski definition) is 6. The summed E-state index contributed by atoms with van der Waals surface area (Å²) in [5.41, 5.74) is 0. The summed E-state index contributed by atoms with van der Waals surface area (Å²) in [7, 11) is 0. The van der Waals surface area contributed by atoms with Gasteiger partial charge in [-0.1, -0.05) is 326 Å². The Bertz CT molecular complexity index is 1360. The third-order valence-corrected chi connectivity index (χ3v) is 15.8. The molecule has 0 aliphatic heterocycles. The molecule has 0 aromatic heterocycles. The van der Waals surface area contributed by atoms with Gasteiger partial charge in [-0.3, -0.25) is 14.4 Å². The van der Waals surface area contributed by atoms with Gasteiger partial charge < -0.3 is 14.2 Å². The predicted molar refractivity (Wildman–Crippen MR) is 344 cm³/mol. The van der Waals surface area contributed by atoms with Crippen molar-refractivity contribution in [2.24, 2.45) is 0 Å². The molecule has 0 aromatic carbocycles. The topological polar surface area (TPSA) is 78.9 Å². The first-order chi connectivity index (χ1) is 39.0. The minimum atomic E-state index is -0.776. The molecule has 6 nitrogen and oxygen atoms in total. The summed E-state index contributed by atoms with van der Waals surface area (Å²) in [6, 6.07) is 0. The van der Waals surface area contributed by atoms with Crippen LogP contribution in [0.25, 0.3) is 0 Å². The van der Waals surface area contributed by atoms with E-state index in [-0.39, 0.29) is 31.1 Å². The summed E-state index contributed by atoms with van der Waals surface area (Å²) in [6.07, 6.45) is 85.6. The minimum Gasteiger partial charge on any atom is -0.462 e. The first-order valence-corrected chi connectivity index (χ1v) is 35.1. The monoisotopic (exact) mass is 1110 g/mol. The third kappa shape index (κ3) is 66.1. The zero-order valence-electron chi connectivity index (χ0n) is 53.2. The third-order valence-electron chi connectivity index (χ3n) is 15.8. The summed E-state index contributed by atoms with van der Waals surface area (Å²) in [4.78, 5) is 38.5. The lowest BCUT2D eigenvalue weighted by molar-refractivity contribution is -0.167. The maximum Gasteiger partial charge on any atom is 0.306 e. The highest BCUT2D eigenvalue weighted by atomic mass is 16.6. The molecular formula is C73H134O6. The number of rotatable bonds is 65. The number of ether oxygens (including phenoxy) is 3. The quantitative estimate of drug-likeness (QED) is 0.0261. The van der Waals surface area contributed by atoms with Gasteiger partial charge in [0.25, 0.3) is 0 Å². The summed E-state index contributed by atoms with van der Waals surface area (Å²) in [6.45, 7) is 6.67. The smallest absolute Gasteiger partial charge is 0.306 e. The van der Waals surface area contributed by atoms with Gasteiger partial charge >= 0.3 is 17.9 Å². The van der Waals surface area contributed by atoms with E-state index in [9.17, 15) is 14.4 Å². The van der Waals surface area contributed by atoms with Crippen LogP contribution in [0, 0.1) is 0 Å². The molecule has 0 amide bonds. The second-order valence-electron chi connectivity index (χ2n) is 23.8. The van der Waals surface area contributed by atoms with Gasteiger partial charge in [-0.2, -0.15) is 0 Å². The molecule has 0 aromatic rings. The predicted octanol–water partition coefficient (Wildman–Crippen LogP) is 24.1. The molecule has 0 bridgehead atoms. The van der Waals surface area contributed by atoms with Crippen molar-refractivity contribution in [1.82, 2.24) is 0 Å². The lowest BCUT2D eigenvalue weighted by Gasteiger charge is -2.18. The Kier molecular flexibility index (Phi) is 65.6. The normalized spacial score (nSPS) is 12.3. The maximum absolute atomic E-state index is 13.0. The van der Waals surface area contributed by atoms with Crippen LogP contribution in [0.4, 0.5) is 0 Å². The molecule has 0 saturated carbocycles. The number of esters is 3. The lowest BCUT2D eigenvalue weighted by atomic mass is 10.0. The van der Waals surface area contributed by atoms with E-state index in [0.717, 1.165) is 77.0 Å². The van der Waals surface area contributed by atoms with E-state index in [4.69, 9.17) is 14.2 Å². The van der Waals surface area contributed by atoms with Crippen molar-refractivity contribution in [2.75, 3.05) is 13.2 Å². The van der Waals surface area contributed by atoms with Gasteiger partial charge in [-0.15, -0.1) is 0 Å². The fourth-order valence-corrected chi connectivity index (χ4v) is 10.5. The average molecular weight is 1110 g/mol. The molecule has 0 aliphatic rings. The molecule has 0 rings (SSSR count). The van der Waals surface area contributed by atoms with Crippen LogP contribution in [0.2, 0.25) is 0 Å². The van der Waals surface area contributed by atoms with Crippen molar-refractivity contribution in [3.05, 3.63) is 48.6 Å². The Balaban J connectivity index is 4.30. The second-order valence-corrected chi connectivity index (χ2v) is 23.8. The molecule has 0 radical (unpaired) electrons. The van der Waals surface area contributed by atoms with E-state index < -0.39 is 6.10 Å². The van der Waals surface area contributed by atoms with Crippen molar-refractivity contribution < 1.29 is 28.6 Å². The highest BCUT2D eigenvalue weighted by Gasteiger charge is 2.19. The fraction of sp³-hybridized carbons (Fsp3) is 0.849. The molecule has 0 N–H and O–H groups in total. The summed E-state index contributed by atoms with van der Waals surface area (Å²) in [5, 5.41) is 0. The molecule has 0 heterocycles. The fourth-order valence-electron chi connectivity index (χ4n) is 10.5. The van der Waals surface area contributed by atoms with Crippen LogP contribution in [0.5, 0.6) is 0 Å². The van der Waals surface area contributed by atoms with Gasteiger partial charge in [0, 0.05) is 19.3 Å². The molecule has 1 unspecified atom stereocenters. The van der Waals surface area contributed by atoms with Crippen molar-refractivity contribution in [3.63, 3.8) is 0 Å². The molecule has 79 heavy (non-hydrogen) atoms. The molecule has 6 heteroatoms. The molecule has 1 atom stereocenters. The molecule has 462 valence electrons. The van der Waals surface area contributed by atoms with E-state index in [1.54, 1.807) is 0 Å². The van der Waals surface area contributed by atoms with Crippen LogP contribution >= 0.6 is 0 Å². The van der Waals surface area contributed by atoms with Gasteiger partial charge in [0.1, 0.15) is 13.2 Å². The van der Waals surface area contributed by atoms with E-state index in [2.05, 4.69) is 69.4 Å². The molecule has 0 saturated heterocycles. The van der Waals surface area contributed by atoms with Crippen LogP contribution in [0.1, 0.15) is 380 Å². The first-order valence-electron chi connectivity index (χ1n) is 35.1. The zero-order chi connectivity index (χ0) is 57.1. The summed E-state index contributed by atoms with van der Waals surface area (Å²) in [5.74, 6) is -0.853. The second kappa shape index (κ2) is 67.9. The van der Waals surface area contributed by atoms with E-state index in [1.165, 1.54) is 263 Å². The number of hydrogen-bond donors (Lipinski definition) is 0. The van der Waals surface area contributed by atoms with Gasteiger partial charge in [0.05, 0.1) is 0 Å². The van der Waals surface area contributed by atoms with Crippen LogP contribution in [0.15, 0.2) is 48.6 Å². The SMILES string of the molecule is CCCCC/C=C\C/C=C\CCCCCCCCCC(=O)OCC(COC(=O)CCCCCCCCCCCCCCC/C=C\C/C=C\CCCCCCC)OC(=O)CCCCCCCCCCCCCCCCCCCCC. The van der Waals surface area contributed by atoms with Gasteiger partial charge in [0.15, 0.2) is 6.10 Å². The van der Waals surface area contributed by atoms with Crippen LogP contribution in [0.3, 0.4) is 0 Å². The van der Waals surface area contributed by atoms with Crippen molar-refractivity contribution in [1.29, 1.82) is 0 Å². The highest BCUT2D eigenvalue weighted by molar-refractivity contribution is 5.71. The van der Waals surface area contributed by atoms with Crippen LogP contribution in [-0.2, 0) is 28.6 Å². The maximum atomic E-state index is 13.0.